The molecule has 0 spiro atoms. The van der Waals surface area contributed by atoms with Gasteiger partial charge in [-0.25, -0.2) is 4.98 Å². The number of hydrogen-bond acceptors (Lipinski definition) is 5. The summed E-state index contributed by atoms with van der Waals surface area (Å²) < 4.78 is 6.57. The van der Waals surface area contributed by atoms with Crippen molar-refractivity contribution in [1.82, 2.24) is 9.55 Å². The minimum atomic E-state index is -0.571. The van der Waals surface area contributed by atoms with Gasteiger partial charge in [0.2, 0.25) is 0 Å². The predicted molar refractivity (Wildman–Crippen MR) is 113 cm³/mol. The highest BCUT2D eigenvalue weighted by atomic mass is 35.5. The van der Waals surface area contributed by atoms with Gasteiger partial charge in [0, 0.05) is 5.56 Å². The van der Waals surface area contributed by atoms with E-state index in [1.165, 1.54) is 4.57 Å². The molecule has 0 saturated heterocycles. The molecule has 0 saturated carbocycles. The Morgan fingerprint density at radius 3 is 2.45 bits per heavy atom. The standard InChI is InChI=1S/C22H18ClN3O3/c1-2-13-24-21-22(28)26(14-18(27)29-15-16-9-5-3-6-10-16)19(20(23)25-21)17-11-7-4-8-12-17/h1,3-12H,13-15H2,(H,24,25). The average molecular weight is 408 g/mol. The second-order valence-electron chi connectivity index (χ2n) is 6.06. The molecule has 0 bridgehead atoms. The molecule has 0 aliphatic carbocycles. The largest absolute Gasteiger partial charge is 0.459 e. The van der Waals surface area contributed by atoms with Gasteiger partial charge in [-0.05, 0) is 5.56 Å². The summed E-state index contributed by atoms with van der Waals surface area (Å²) in [6, 6.07) is 18.3. The van der Waals surface area contributed by atoms with Gasteiger partial charge >= 0.3 is 5.97 Å². The lowest BCUT2D eigenvalue weighted by molar-refractivity contribution is -0.145. The maximum absolute atomic E-state index is 12.9. The molecule has 0 amide bonds. The number of halogens is 1. The number of terminal acetylenes is 1. The van der Waals surface area contributed by atoms with Crippen molar-refractivity contribution in [2.75, 3.05) is 11.9 Å². The fraction of sp³-hybridized carbons (Fsp3) is 0.136. The van der Waals surface area contributed by atoms with Gasteiger partial charge in [0.25, 0.3) is 5.56 Å². The van der Waals surface area contributed by atoms with Gasteiger partial charge in [0.1, 0.15) is 13.2 Å². The molecule has 2 aromatic carbocycles. The molecule has 0 atom stereocenters. The average Bonchev–Trinajstić information content (AvgIpc) is 2.75. The predicted octanol–water partition coefficient (Wildman–Crippen LogP) is 3.35. The van der Waals surface area contributed by atoms with Crippen molar-refractivity contribution >= 4 is 23.4 Å². The monoisotopic (exact) mass is 407 g/mol. The third-order valence-electron chi connectivity index (χ3n) is 4.06. The van der Waals surface area contributed by atoms with Gasteiger partial charge in [-0.2, -0.15) is 0 Å². The maximum Gasteiger partial charge on any atom is 0.326 e. The second-order valence-corrected chi connectivity index (χ2v) is 6.42. The number of nitrogens with zero attached hydrogens (tertiary/aromatic N) is 2. The van der Waals surface area contributed by atoms with Crippen molar-refractivity contribution in [2.24, 2.45) is 0 Å². The van der Waals surface area contributed by atoms with Crippen molar-refractivity contribution in [1.29, 1.82) is 0 Å². The molecule has 1 N–H and O–H groups in total. The van der Waals surface area contributed by atoms with Crippen LogP contribution in [0.3, 0.4) is 0 Å². The Bertz CT molecular complexity index is 1090. The van der Waals surface area contributed by atoms with Gasteiger partial charge < -0.3 is 10.1 Å². The highest BCUT2D eigenvalue weighted by molar-refractivity contribution is 6.32. The van der Waals surface area contributed by atoms with E-state index in [1.807, 2.05) is 36.4 Å². The topological polar surface area (TPSA) is 73.2 Å². The first kappa shape index (κ1) is 20.2. The van der Waals surface area contributed by atoms with Gasteiger partial charge in [-0.15, -0.1) is 6.42 Å². The first-order valence-corrected chi connectivity index (χ1v) is 9.20. The van der Waals surface area contributed by atoms with Gasteiger partial charge in [0.05, 0.1) is 12.2 Å². The molecule has 0 aliphatic rings. The van der Waals surface area contributed by atoms with Gasteiger partial charge in [-0.3, -0.25) is 14.2 Å². The summed E-state index contributed by atoms with van der Waals surface area (Å²) >= 11 is 6.36. The van der Waals surface area contributed by atoms with Crippen molar-refractivity contribution in [3.05, 3.63) is 81.7 Å². The lowest BCUT2D eigenvalue weighted by Crippen LogP contribution is -2.30. The molecule has 29 heavy (non-hydrogen) atoms. The zero-order valence-electron chi connectivity index (χ0n) is 15.5. The van der Waals surface area contributed by atoms with Crippen LogP contribution in [0.15, 0.2) is 65.5 Å². The van der Waals surface area contributed by atoms with Crippen LogP contribution in [0, 0.1) is 12.3 Å². The lowest BCUT2D eigenvalue weighted by Gasteiger charge is -2.16. The number of nitrogens with one attached hydrogen (secondary N) is 1. The summed E-state index contributed by atoms with van der Waals surface area (Å²) in [5.41, 5.74) is 1.32. The van der Waals surface area contributed by atoms with E-state index in [0.717, 1.165) is 5.56 Å². The molecule has 0 fully saturated rings. The van der Waals surface area contributed by atoms with Crippen LogP contribution in [0.2, 0.25) is 5.15 Å². The van der Waals surface area contributed by atoms with E-state index in [4.69, 9.17) is 22.8 Å². The first-order chi connectivity index (χ1) is 14.1. The Morgan fingerprint density at radius 2 is 1.79 bits per heavy atom. The number of carbonyl (C=O) groups is 1. The number of rotatable bonds is 7. The number of anilines is 1. The van der Waals surface area contributed by atoms with Crippen molar-refractivity contribution in [3.8, 4) is 23.6 Å². The number of carbonyl (C=O) groups excluding carboxylic acids is 1. The first-order valence-electron chi connectivity index (χ1n) is 8.82. The zero-order valence-corrected chi connectivity index (χ0v) is 16.2. The minimum Gasteiger partial charge on any atom is -0.459 e. The third-order valence-corrected chi connectivity index (χ3v) is 4.32. The summed E-state index contributed by atoms with van der Waals surface area (Å²) in [5, 5.41) is 2.81. The summed E-state index contributed by atoms with van der Waals surface area (Å²) in [5.74, 6) is 1.78. The number of hydrogen-bond donors (Lipinski definition) is 1. The Balaban J connectivity index is 1.93. The van der Waals surface area contributed by atoms with Crippen LogP contribution >= 0.6 is 11.6 Å². The summed E-state index contributed by atoms with van der Waals surface area (Å²) in [7, 11) is 0. The maximum atomic E-state index is 12.9. The lowest BCUT2D eigenvalue weighted by atomic mass is 10.1. The number of ether oxygens (including phenoxy) is 1. The van der Waals surface area contributed by atoms with Gasteiger partial charge in [-0.1, -0.05) is 78.2 Å². The number of esters is 1. The molecule has 3 aromatic rings. The molecular formula is C22H18ClN3O3. The molecule has 0 aliphatic heterocycles. The van der Waals surface area contributed by atoms with Crippen molar-refractivity contribution in [3.63, 3.8) is 0 Å². The summed E-state index contributed by atoms with van der Waals surface area (Å²) in [6.45, 7) is -0.110. The van der Waals surface area contributed by atoms with E-state index in [1.54, 1.807) is 24.3 Å². The molecular weight excluding hydrogens is 390 g/mol. The van der Waals surface area contributed by atoms with Crippen LogP contribution < -0.4 is 10.9 Å². The Morgan fingerprint density at radius 1 is 1.14 bits per heavy atom. The molecule has 1 aromatic heterocycles. The number of benzene rings is 2. The smallest absolute Gasteiger partial charge is 0.326 e. The van der Waals surface area contributed by atoms with Crippen molar-refractivity contribution in [2.45, 2.75) is 13.2 Å². The Labute approximate surface area is 173 Å². The molecule has 7 heteroatoms. The van der Waals surface area contributed by atoms with Crippen LogP contribution in [-0.4, -0.2) is 22.1 Å². The van der Waals surface area contributed by atoms with E-state index in [-0.39, 0.29) is 30.7 Å². The molecule has 1 heterocycles. The number of aromatic nitrogens is 2. The fourth-order valence-corrected chi connectivity index (χ4v) is 3.02. The molecule has 0 radical (unpaired) electrons. The minimum absolute atomic E-state index is 0.0245. The summed E-state index contributed by atoms with van der Waals surface area (Å²) in [6.07, 6.45) is 5.24. The van der Waals surface area contributed by atoms with E-state index >= 15 is 0 Å². The molecule has 146 valence electrons. The van der Waals surface area contributed by atoms with E-state index in [2.05, 4.69) is 16.2 Å². The molecule has 0 unspecified atom stereocenters. The van der Waals surface area contributed by atoms with Crippen LogP contribution in [0.4, 0.5) is 5.82 Å². The van der Waals surface area contributed by atoms with E-state index < -0.39 is 11.5 Å². The normalized spacial score (nSPS) is 10.2. The second kappa shape index (κ2) is 9.58. The highest BCUT2D eigenvalue weighted by Gasteiger charge is 2.19. The SMILES string of the molecule is C#CCNc1nc(Cl)c(-c2ccccc2)n(CC(=O)OCc2ccccc2)c1=O. The van der Waals surface area contributed by atoms with Crippen molar-refractivity contribution < 1.29 is 9.53 Å². The van der Waals surface area contributed by atoms with E-state index in [9.17, 15) is 9.59 Å². The molecule has 3 rings (SSSR count). The van der Waals surface area contributed by atoms with Gasteiger partial charge in [0.15, 0.2) is 11.0 Å². The van der Waals surface area contributed by atoms with Crippen LogP contribution in [-0.2, 0) is 22.7 Å². The van der Waals surface area contributed by atoms with Crippen LogP contribution in [0.1, 0.15) is 5.56 Å². The van der Waals surface area contributed by atoms with Crippen LogP contribution in [0.5, 0.6) is 0 Å². The third kappa shape index (κ3) is 5.03. The summed E-state index contributed by atoms with van der Waals surface area (Å²) in [4.78, 5) is 29.5. The fourth-order valence-electron chi connectivity index (χ4n) is 2.72. The Kier molecular flexibility index (Phi) is 6.67. The quantitative estimate of drug-likeness (QED) is 0.480. The Hall–Kier alpha value is -3.56. The highest BCUT2D eigenvalue weighted by Crippen LogP contribution is 2.26. The zero-order chi connectivity index (χ0) is 20.6. The van der Waals surface area contributed by atoms with Crippen LogP contribution in [0.25, 0.3) is 11.3 Å². The molecule has 6 nitrogen and oxygen atoms in total. The van der Waals surface area contributed by atoms with E-state index in [0.29, 0.717) is 11.3 Å².